The minimum absolute atomic E-state index is 0.0108. The van der Waals surface area contributed by atoms with Gasteiger partial charge in [-0.05, 0) is 20.4 Å². The fourth-order valence-electron chi connectivity index (χ4n) is 2.68. The molecular formula is C13H27NO2. The summed E-state index contributed by atoms with van der Waals surface area (Å²) in [6, 6.07) is 0.469. The first kappa shape index (κ1) is 13.9. The summed E-state index contributed by atoms with van der Waals surface area (Å²) in [6.45, 7) is 6.80. The Labute approximate surface area is 99.9 Å². The second-order valence-corrected chi connectivity index (χ2v) is 4.59. The first-order chi connectivity index (χ1) is 7.79. The normalized spacial score (nSPS) is 21.9. The van der Waals surface area contributed by atoms with Crippen LogP contribution in [-0.2, 0) is 9.47 Å². The van der Waals surface area contributed by atoms with Gasteiger partial charge >= 0.3 is 0 Å². The molecule has 1 unspecified atom stereocenters. The maximum Gasteiger partial charge on any atom is 0.0878 e. The Hall–Kier alpha value is -0.120. The van der Waals surface area contributed by atoms with Crippen LogP contribution in [0.2, 0.25) is 0 Å². The predicted molar refractivity (Wildman–Crippen MR) is 66.8 cm³/mol. The molecule has 1 aliphatic heterocycles. The van der Waals surface area contributed by atoms with E-state index in [2.05, 4.69) is 26.2 Å². The lowest BCUT2D eigenvalue weighted by Crippen LogP contribution is -2.54. The fraction of sp³-hybridized carbons (Fsp3) is 1.00. The molecule has 0 aromatic rings. The minimum atomic E-state index is 0.0108. The Balaban J connectivity index is 2.63. The summed E-state index contributed by atoms with van der Waals surface area (Å²) >= 11 is 0. The molecule has 0 aromatic carbocycles. The van der Waals surface area contributed by atoms with Crippen LogP contribution in [0.1, 0.15) is 46.0 Å². The van der Waals surface area contributed by atoms with Crippen LogP contribution >= 0.6 is 0 Å². The van der Waals surface area contributed by atoms with E-state index in [1.54, 1.807) is 0 Å². The molecule has 1 saturated heterocycles. The van der Waals surface area contributed by atoms with Gasteiger partial charge < -0.3 is 14.8 Å². The van der Waals surface area contributed by atoms with E-state index in [0.29, 0.717) is 6.04 Å². The van der Waals surface area contributed by atoms with Gasteiger partial charge in [-0.3, -0.25) is 0 Å². The summed E-state index contributed by atoms with van der Waals surface area (Å²) in [7, 11) is 2.05. The molecule has 1 aliphatic rings. The van der Waals surface area contributed by atoms with E-state index in [-0.39, 0.29) is 5.60 Å². The molecule has 1 heterocycles. The summed E-state index contributed by atoms with van der Waals surface area (Å²) in [5.74, 6) is 0. The highest BCUT2D eigenvalue weighted by Gasteiger charge is 2.39. The van der Waals surface area contributed by atoms with Crippen LogP contribution in [-0.4, -0.2) is 38.5 Å². The molecule has 0 radical (unpaired) electrons. The van der Waals surface area contributed by atoms with Gasteiger partial charge in [0.15, 0.2) is 0 Å². The highest BCUT2D eigenvalue weighted by Crippen LogP contribution is 2.31. The molecule has 0 aromatic heterocycles. The van der Waals surface area contributed by atoms with Crippen molar-refractivity contribution in [3.05, 3.63) is 0 Å². The van der Waals surface area contributed by atoms with Crippen molar-refractivity contribution in [2.24, 2.45) is 0 Å². The van der Waals surface area contributed by atoms with Crippen molar-refractivity contribution in [2.45, 2.75) is 57.6 Å². The third kappa shape index (κ3) is 3.44. The quantitative estimate of drug-likeness (QED) is 0.727. The summed E-state index contributed by atoms with van der Waals surface area (Å²) in [5, 5.41) is 3.45. The van der Waals surface area contributed by atoms with Gasteiger partial charge in [-0.1, -0.05) is 19.8 Å². The van der Waals surface area contributed by atoms with Crippen molar-refractivity contribution >= 4 is 0 Å². The summed E-state index contributed by atoms with van der Waals surface area (Å²) in [4.78, 5) is 0. The first-order valence-corrected chi connectivity index (χ1v) is 6.68. The predicted octanol–water partition coefficient (Wildman–Crippen LogP) is 2.35. The Kier molecular flexibility index (Phi) is 6.32. The molecule has 1 N–H and O–H groups in total. The highest BCUT2D eigenvalue weighted by atomic mass is 16.5. The number of likely N-dealkylation sites (N-methyl/N-ethyl adjacent to an activating group) is 1. The van der Waals surface area contributed by atoms with Crippen molar-refractivity contribution in [3.63, 3.8) is 0 Å². The SMILES string of the molecule is CCCCC(NC)C1(OCC)CCOCC1. The van der Waals surface area contributed by atoms with Crippen LogP contribution in [0.3, 0.4) is 0 Å². The van der Waals surface area contributed by atoms with Crippen LogP contribution in [0.4, 0.5) is 0 Å². The van der Waals surface area contributed by atoms with E-state index in [9.17, 15) is 0 Å². The first-order valence-electron chi connectivity index (χ1n) is 6.68. The van der Waals surface area contributed by atoms with Crippen molar-refractivity contribution in [3.8, 4) is 0 Å². The van der Waals surface area contributed by atoms with Crippen molar-refractivity contribution < 1.29 is 9.47 Å². The molecule has 1 fully saturated rings. The van der Waals surface area contributed by atoms with E-state index in [1.807, 2.05) is 0 Å². The van der Waals surface area contributed by atoms with Gasteiger partial charge in [0.25, 0.3) is 0 Å². The molecule has 0 saturated carbocycles. The molecular weight excluding hydrogens is 202 g/mol. The molecule has 3 heteroatoms. The number of hydrogen-bond donors (Lipinski definition) is 1. The lowest BCUT2D eigenvalue weighted by molar-refractivity contribution is -0.127. The molecule has 0 bridgehead atoms. The number of nitrogens with one attached hydrogen (secondary N) is 1. The van der Waals surface area contributed by atoms with Crippen LogP contribution in [0.25, 0.3) is 0 Å². The van der Waals surface area contributed by atoms with E-state index in [1.165, 1.54) is 19.3 Å². The van der Waals surface area contributed by atoms with Crippen LogP contribution < -0.4 is 5.32 Å². The molecule has 16 heavy (non-hydrogen) atoms. The smallest absolute Gasteiger partial charge is 0.0878 e. The Morgan fingerprint density at radius 2 is 2.00 bits per heavy atom. The minimum Gasteiger partial charge on any atom is -0.381 e. The van der Waals surface area contributed by atoms with Gasteiger partial charge in [-0.15, -0.1) is 0 Å². The lowest BCUT2D eigenvalue weighted by Gasteiger charge is -2.43. The average molecular weight is 229 g/mol. The summed E-state index contributed by atoms with van der Waals surface area (Å²) < 4.78 is 11.5. The number of rotatable bonds is 7. The maximum atomic E-state index is 6.08. The Morgan fingerprint density at radius 1 is 1.31 bits per heavy atom. The lowest BCUT2D eigenvalue weighted by atomic mass is 9.83. The highest BCUT2D eigenvalue weighted by molar-refractivity contribution is 4.94. The Morgan fingerprint density at radius 3 is 2.50 bits per heavy atom. The molecule has 3 nitrogen and oxygen atoms in total. The molecule has 96 valence electrons. The van der Waals surface area contributed by atoms with E-state index < -0.39 is 0 Å². The summed E-state index contributed by atoms with van der Waals surface area (Å²) in [6.07, 6.45) is 5.76. The van der Waals surface area contributed by atoms with Gasteiger partial charge in [0.05, 0.1) is 5.60 Å². The summed E-state index contributed by atoms with van der Waals surface area (Å²) in [5.41, 5.74) is 0.0108. The third-order valence-corrected chi connectivity index (χ3v) is 3.60. The zero-order chi connectivity index (χ0) is 11.9. The topological polar surface area (TPSA) is 30.5 Å². The van der Waals surface area contributed by atoms with E-state index in [0.717, 1.165) is 32.7 Å². The second kappa shape index (κ2) is 7.25. The maximum absolute atomic E-state index is 6.08. The van der Waals surface area contributed by atoms with Gasteiger partial charge in [-0.2, -0.15) is 0 Å². The second-order valence-electron chi connectivity index (χ2n) is 4.59. The Bertz CT molecular complexity index is 173. The molecule has 1 rings (SSSR count). The average Bonchev–Trinajstić information content (AvgIpc) is 2.31. The standard InChI is InChI=1S/C13H27NO2/c1-4-6-7-12(14-3)13(16-5-2)8-10-15-11-9-13/h12,14H,4-11H2,1-3H3. The number of unbranched alkanes of at least 4 members (excludes halogenated alkanes) is 1. The molecule has 0 spiro atoms. The third-order valence-electron chi connectivity index (χ3n) is 3.60. The number of ether oxygens (including phenoxy) is 2. The van der Waals surface area contributed by atoms with Crippen molar-refractivity contribution in [2.75, 3.05) is 26.9 Å². The zero-order valence-electron chi connectivity index (χ0n) is 11.1. The van der Waals surface area contributed by atoms with Crippen molar-refractivity contribution in [1.82, 2.24) is 5.32 Å². The molecule has 1 atom stereocenters. The fourth-order valence-corrected chi connectivity index (χ4v) is 2.68. The van der Waals surface area contributed by atoms with Crippen molar-refractivity contribution in [1.29, 1.82) is 0 Å². The van der Waals surface area contributed by atoms with E-state index in [4.69, 9.17) is 9.47 Å². The number of hydrogen-bond acceptors (Lipinski definition) is 3. The van der Waals surface area contributed by atoms with Gasteiger partial charge in [-0.25, -0.2) is 0 Å². The molecule has 0 amide bonds. The zero-order valence-corrected chi connectivity index (χ0v) is 11.1. The van der Waals surface area contributed by atoms with Crippen LogP contribution in [0.15, 0.2) is 0 Å². The van der Waals surface area contributed by atoms with Gasteiger partial charge in [0.1, 0.15) is 0 Å². The monoisotopic (exact) mass is 229 g/mol. The molecule has 0 aliphatic carbocycles. The van der Waals surface area contributed by atoms with Crippen LogP contribution in [0.5, 0.6) is 0 Å². The largest absolute Gasteiger partial charge is 0.381 e. The van der Waals surface area contributed by atoms with E-state index >= 15 is 0 Å². The van der Waals surface area contributed by atoms with Gasteiger partial charge in [0, 0.05) is 38.7 Å². The van der Waals surface area contributed by atoms with Crippen LogP contribution in [0, 0.1) is 0 Å². The van der Waals surface area contributed by atoms with Gasteiger partial charge in [0.2, 0.25) is 0 Å².